The van der Waals surface area contributed by atoms with Crippen molar-refractivity contribution in [3.8, 4) is 33.9 Å². The lowest BCUT2D eigenvalue weighted by Gasteiger charge is -2.08. The van der Waals surface area contributed by atoms with Gasteiger partial charge in [-0.2, -0.15) is 18.3 Å². The third-order valence-corrected chi connectivity index (χ3v) is 5.95. The fourth-order valence-electron chi connectivity index (χ4n) is 4.17. The molecule has 1 aliphatic heterocycles. The van der Waals surface area contributed by atoms with Crippen molar-refractivity contribution in [1.29, 1.82) is 0 Å². The zero-order chi connectivity index (χ0) is 22.0. The molecule has 10 heteroatoms. The number of H-pyrrole nitrogens is 1. The molecule has 1 fully saturated rings. The maximum atomic E-state index is 14.0. The van der Waals surface area contributed by atoms with Gasteiger partial charge < -0.3 is 10.3 Å². The lowest BCUT2D eigenvalue weighted by Crippen LogP contribution is -2.10. The highest BCUT2D eigenvalue weighted by molar-refractivity contribution is 5.95. The molecular formula is C22H18F3N7. The number of imidazole rings is 1. The van der Waals surface area contributed by atoms with Crippen LogP contribution < -0.4 is 5.32 Å². The number of nitrogens with zero attached hydrogens (tertiary/aromatic N) is 5. The number of anilines is 2. The van der Waals surface area contributed by atoms with Crippen molar-refractivity contribution < 1.29 is 13.2 Å². The standard InChI is InChI=1S/C22H18F3N7/c1-11-16(19(22(23,24)25)31-32(11)10-12-4-5-12)21-29-17-13-6-8-26-9-15(13)28-20-14(18(17)30-21)3-2-7-27-20/h2-3,6-9,12H,4-5,10H2,1H3,(H,27,28)(H,29,30). The number of rotatable bonds is 3. The van der Waals surface area contributed by atoms with Gasteiger partial charge in [-0.25, -0.2) is 9.97 Å². The molecule has 0 amide bonds. The number of pyridine rings is 2. The van der Waals surface area contributed by atoms with Gasteiger partial charge in [-0.3, -0.25) is 9.67 Å². The van der Waals surface area contributed by atoms with Crippen molar-refractivity contribution in [3.05, 3.63) is 48.2 Å². The van der Waals surface area contributed by atoms with E-state index >= 15 is 0 Å². The largest absolute Gasteiger partial charge is 0.435 e. The van der Waals surface area contributed by atoms with E-state index in [1.807, 2.05) is 6.07 Å². The van der Waals surface area contributed by atoms with Crippen LogP contribution in [0.25, 0.3) is 33.9 Å². The van der Waals surface area contributed by atoms with Gasteiger partial charge in [0.2, 0.25) is 0 Å². The first-order chi connectivity index (χ1) is 15.4. The molecule has 0 radical (unpaired) electrons. The molecule has 4 aromatic rings. The second-order valence-electron chi connectivity index (χ2n) is 8.19. The SMILES string of the molecule is Cc1c(-c2nc3c([nH]2)-c2ccncc2Nc2ncccc2-3)c(C(F)(F)F)nn1CC1CC1. The Hall–Kier alpha value is -3.69. The number of hydrogen-bond donors (Lipinski definition) is 2. The van der Waals surface area contributed by atoms with Gasteiger partial charge in [0.05, 0.1) is 23.1 Å². The number of nitrogens with one attached hydrogen (secondary N) is 2. The molecule has 0 unspecified atom stereocenters. The second kappa shape index (κ2) is 6.65. The summed E-state index contributed by atoms with van der Waals surface area (Å²) >= 11 is 0. The van der Waals surface area contributed by atoms with E-state index in [-0.39, 0.29) is 11.4 Å². The van der Waals surface area contributed by atoms with E-state index in [2.05, 4.69) is 30.4 Å². The van der Waals surface area contributed by atoms with Crippen LogP contribution in [0.4, 0.5) is 24.7 Å². The van der Waals surface area contributed by atoms with Gasteiger partial charge in [-0.05, 0) is 43.9 Å². The topological polar surface area (TPSA) is 84.3 Å². The molecule has 0 bridgehead atoms. The Morgan fingerprint density at radius 1 is 1.16 bits per heavy atom. The summed E-state index contributed by atoms with van der Waals surface area (Å²) in [6.07, 6.45) is 2.38. The Morgan fingerprint density at radius 3 is 2.78 bits per heavy atom. The minimum atomic E-state index is -4.60. The maximum absolute atomic E-state index is 14.0. The predicted molar refractivity (Wildman–Crippen MR) is 112 cm³/mol. The van der Waals surface area contributed by atoms with Crippen molar-refractivity contribution in [2.24, 2.45) is 5.92 Å². The zero-order valence-corrected chi connectivity index (χ0v) is 17.0. The van der Waals surface area contributed by atoms with E-state index in [0.29, 0.717) is 46.6 Å². The third kappa shape index (κ3) is 2.97. The molecule has 2 aliphatic rings. The van der Waals surface area contributed by atoms with Gasteiger partial charge in [0, 0.05) is 35.8 Å². The third-order valence-electron chi connectivity index (χ3n) is 5.95. The van der Waals surface area contributed by atoms with Gasteiger partial charge in [0.25, 0.3) is 0 Å². The van der Waals surface area contributed by atoms with E-state index in [1.165, 1.54) is 4.68 Å². The molecule has 32 heavy (non-hydrogen) atoms. The monoisotopic (exact) mass is 437 g/mol. The fourth-order valence-corrected chi connectivity index (χ4v) is 4.17. The number of aromatic amines is 1. The Morgan fingerprint density at radius 2 is 2.00 bits per heavy atom. The highest BCUT2D eigenvalue weighted by atomic mass is 19.4. The molecule has 0 saturated heterocycles. The predicted octanol–water partition coefficient (Wildman–Crippen LogP) is 5.19. The Labute approximate surface area is 180 Å². The van der Waals surface area contributed by atoms with E-state index < -0.39 is 11.9 Å². The van der Waals surface area contributed by atoms with Crippen molar-refractivity contribution in [1.82, 2.24) is 29.7 Å². The van der Waals surface area contributed by atoms with Crippen molar-refractivity contribution >= 4 is 11.5 Å². The number of fused-ring (bicyclic) bond motifs is 5. The Bertz CT molecular complexity index is 1290. The minimum Gasteiger partial charge on any atom is -0.338 e. The average Bonchev–Trinajstić information content (AvgIpc) is 3.41. The minimum absolute atomic E-state index is 0.0137. The molecule has 0 aromatic carbocycles. The van der Waals surface area contributed by atoms with E-state index in [1.54, 1.807) is 37.6 Å². The highest BCUT2D eigenvalue weighted by Gasteiger charge is 2.41. The summed E-state index contributed by atoms with van der Waals surface area (Å²) in [5.41, 5.74) is 2.80. The molecule has 1 saturated carbocycles. The molecular weight excluding hydrogens is 419 g/mol. The van der Waals surface area contributed by atoms with Gasteiger partial charge in [-0.15, -0.1) is 0 Å². The highest BCUT2D eigenvalue weighted by Crippen LogP contribution is 2.45. The molecule has 2 N–H and O–H groups in total. The maximum Gasteiger partial charge on any atom is 0.435 e. The van der Waals surface area contributed by atoms with E-state index in [4.69, 9.17) is 0 Å². The molecule has 0 atom stereocenters. The number of alkyl halides is 3. The molecule has 0 spiro atoms. The summed E-state index contributed by atoms with van der Waals surface area (Å²) in [6, 6.07) is 5.40. The molecule has 6 rings (SSSR count). The van der Waals surface area contributed by atoms with Crippen LogP contribution in [0.5, 0.6) is 0 Å². The van der Waals surface area contributed by atoms with Crippen LogP contribution in [-0.4, -0.2) is 29.7 Å². The zero-order valence-electron chi connectivity index (χ0n) is 17.0. The number of aromatic nitrogens is 6. The second-order valence-corrected chi connectivity index (χ2v) is 8.19. The van der Waals surface area contributed by atoms with Gasteiger partial charge in [0.15, 0.2) is 5.69 Å². The van der Waals surface area contributed by atoms with Gasteiger partial charge in [-0.1, -0.05) is 0 Å². The molecule has 1 aliphatic carbocycles. The Kier molecular flexibility index (Phi) is 3.96. The quantitative estimate of drug-likeness (QED) is 0.406. The summed E-state index contributed by atoms with van der Waals surface area (Å²) in [7, 11) is 0. The molecule has 7 nitrogen and oxygen atoms in total. The van der Waals surface area contributed by atoms with E-state index in [9.17, 15) is 13.2 Å². The molecule has 5 heterocycles. The summed E-state index contributed by atoms with van der Waals surface area (Å²) in [4.78, 5) is 16.4. The first-order valence-electron chi connectivity index (χ1n) is 10.3. The molecule has 4 aromatic heterocycles. The Balaban J connectivity index is 1.59. The summed E-state index contributed by atoms with van der Waals surface area (Å²) < 4.78 is 43.4. The van der Waals surface area contributed by atoms with Crippen molar-refractivity contribution in [2.45, 2.75) is 32.5 Å². The van der Waals surface area contributed by atoms with Crippen LogP contribution in [-0.2, 0) is 12.7 Å². The van der Waals surface area contributed by atoms with Gasteiger partial charge in [0.1, 0.15) is 17.3 Å². The van der Waals surface area contributed by atoms with Crippen LogP contribution in [0.3, 0.4) is 0 Å². The smallest absolute Gasteiger partial charge is 0.338 e. The van der Waals surface area contributed by atoms with Crippen LogP contribution in [0, 0.1) is 12.8 Å². The van der Waals surface area contributed by atoms with Crippen LogP contribution in [0.1, 0.15) is 24.2 Å². The number of hydrogen-bond acceptors (Lipinski definition) is 5. The van der Waals surface area contributed by atoms with Crippen LogP contribution in [0.2, 0.25) is 0 Å². The van der Waals surface area contributed by atoms with Crippen LogP contribution in [0.15, 0.2) is 36.8 Å². The average molecular weight is 437 g/mol. The van der Waals surface area contributed by atoms with Crippen molar-refractivity contribution in [3.63, 3.8) is 0 Å². The van der Waals surface area contributed by atoms with Crippen LogP contribution >= 0.6 is 0 Å². The lowest BCUT2D eigenvalue weighted by atomic mass is 10.1. The fraction of sp³-hybridized carbons (Fsp3) is 0.273. The molecule has 162 valence electrons. The summed E-state index contributed by atoms with van der Waals surface area (Å²) in [5.74, 6) is 1.09. The van der Waals surface area contributed by atoms with Crippen molar-refractivity contribution in [2.75, 3.05) is 5.32 Å². The first kappa shape index (κ1) is 19.0. The lowest BCUT2D eigenvalue weighted by molar-refractivity contribution is -0.141. The normalized spacial score (nSPS) is 14.9. The summed E-state index contributed by atoms with van der Waals surface area (Å²) in [6.45, 7) is 2.16. The van der Waals surface area contributed by atoms with E-state index in [0.717, 1.165) is 18.4 Å². The summed E-state index contributed by atoms with van der Waals surface area (Å²) in [5, 5.41) is 7.19. The van der Waals surface area contributed by atoms with Gasteiger partial charge >= 0.3 is 6.18 Å². The first-order valence-corrected chi connectivity index (χ1v) is 10.3. The number of halogens is 3.